The fourth-order valence-electron chi connectivity index (χ4n) is 4.08. The average Bonchev–Trinajstić information content (AvgIpc) is 2.38. The molecule has 1 spiro atoms. The summed E-state index contributed by atoms with van der Waals surface area (Å²) >= 11 is 0. The Hall–Kier alpha value is -0.120. The van der Waals surface area contributed by atoms with Gasteiger partial charge in [-0.1, -0.05) is 19.3 Å². The maximum absolute atomic E-state index is 9.78. The maximum Gasteiger partial charge on any atom is 0.0697 e. The second-order valence-corrected chi connectivity index (χ2v) is 6.72. The zero-order chi connectivity index (χ0) is 12.5. The number of aliphatic hydroxyl groups is 1. The van der Waals surface area contributed by atoms with Crippen molar-refractivity contribution in [1.29, 1.82) is 0 Å². The molecule has 0 aromatic carbocycles. The molecule has 0 aromatic heterocycles. The summed E-state index contributed by atoms with van der Waals surface area (Å²) in [5.74, 6) is 0. The Bertz CT molecular complexity index is 282. The van der Waals surface area contributed by atoms with E-state index in [0.717, 1.165) is 32.3 Å². The van der Waals surface area contributed by atoms with Crippen molar-refractivity contribution in [1.82, 2.24) is 5.32 Å². The third kappa shape index (κ3) is 2.45. The predicted octanol–water partition coefficient (Wildman–Crippen LogP) is 2.37. The van der Waals surface area contributed by atoms with Gasteiger partial charge >= 0.3 is 0 Å². The highest BCUT2D eigenvalue weighted by atomic mass is 16.5. The van der Waals surface area contributed by atoms with Crippen LogP contribution in [0.15, 0.2) is 0 Å². The molecule has 18 heavy (non-hydrogen) atoms. The Balaban J connectivity index is 1.60. The van der Waals surface area contributed by atoms with Crippen LogP contribution in [-0.2, 0) is 4.74 Å². The summed E-state index contributed by atoms with van der Waals surface area (Å²) < 4.78 is 5.98. The van der Waals surface area contributed by atoms with E-state index in [9.17, 15) is 5.11 Å². The lowest BCUT2D eigenvalue weighted by Gasteiger charge is -2.50. The second-order valence-electron chi connectivity index (χ2n) is 6.72. The van der Waals surface area contributed by atoms with Crippen LogP contribution in [0.3, 0.4) is 0 Å². The number of nitrogens with one attached hydrogen (secondary N) is 1. The molecule has 3 aliphatic rings. The topological polar surface area (TPSA) is 41.5 Å². The van der Waals surface area contributed by atoms with Crippen LogP contribution >= 0.6 is 0 Å². The quantitative estimate of drug-likeness (QED) is 0.811. The molecule has 2 N–H and O–H groups in total. The van der Waals surface area contributed by atoms with Crippen LogP contribution in [0.2, 0.25) is 0 Å². The molecule has 3 nitrogen and oxygen atoms in total. The first-order valence-corrected chi connectivity index (χ1v) is 7.79. The van der Waals surface area contributed by atoms with Crippen LogP contribution in [-0.4, -0.2) is 35.5 Å². The molecule has 104 valence electrons. The van der Waals surface area contributed by atoms with Gasteiger partial charge in [0.1, 0.15) is 0 Å². The van der Waals surface area contributed by atoms with Crippen molar-refractivity contribution in [3.05, 3.63) is 0 Å². The van der Waals surface area contributed by atoms with Gasteiger partial charge in [-0.3, -0.25) is 0 Å². The fraction of sp³-hybridized carbons (Fsp3) is 1.00. The van der Waals surface area contributed by atoms with E-state index in [2.05, 4.69) is 5.32 Å². The Morgan fingerprint density at radius 3 is 2.44 bits per heavy atom. The molecule has 1 aliphatic heterocycles. The van der Waals surface area contributed by atoms with E-state index in [0.29, 0.717) is 12.6 Å². The maximum atomic E-state index is 9.78. The molecular formula is C15H27NO2. The van der Waals surface area contributed by atoms with Crippen LogP contribution in [0.4, 0.5) is 0 Å². The van der Waals surface area contributed by atoms with Gasteiger partial charge in [0.25, 0.3) is 0 Å². The van der Waals surface area contributed by atoms with Crippen molar-refractivity contribution >= 4 is 0 Å². The lowest BCUT2D eigenvalue weighted by Crippen LogP contribution is -2.59. The van der Waals surface area contributed by atoms with Crippen molar-refractivity contribution in [3.8, 4) is 0 Å². The molecule has 0 aromatic rings. The fourth-order valence-corrected chi connectivity index (χ4v) is 4.08. The molecule has 3 fully saturated rings. The lowest BCUT2D eigenvalue weighted by molar-refractivity contribution is -0.139. The van der Waals surface area contributed by atoms with Gasteiger partial charge in [-0.2, -0.15) is 0 Å². The smallest absolute Gasteiger partial charge is 0.0697 e. The molecule has 2 saturated carbocycles. The molecule has 3 rings (SSSR count). The molecule has 3 heteroatoms. The number of aliphatic hydroxyl groups excluding tert-OH is 1. The monoisotopic (exact) mass is 253 g/mol. The summed E-state index contributed by atoms with van der Waals surface area (Å²) in [6.45, 7) is 1.20. The molecular weight excluding hydrogens is 226 g/mol. The molecule has 1 atom stereocenters. The van der Waals surface area contributed by atoms with E-state index in [1.165, 1.54) is 38.5 Å². The number of hydrogen-bond acceptors (Lipinski definition) is 3. The first kappa shape index (κ1) is 12.9. The van der Waals surface area contributed by atoms with E-state index < -0.39 is 0 Å². The standard InChI is InChI=1S/C15H27NO2/c17-12-14(6-2-1-3-7-14)16-13-5-10-18-15(11-13)8-4-9-15/h13,16-17H,1-12H2. The van der Waals surface area contributed by atoms with Gasteiger partial charge in [0.15, 0.2) is 0 Å². The van der Waals surface area contributed by atoms with Gasteiger partial charge in [-0.25, -0.2) is 0 Å². The minimum Gasteiger partial charge on any atom is -0.394 e. The van der Waals surface area contributed by atoms with Crippen molar-refractivity contribution in [3.63, 3.8) is 0 Å². The highest BCUT2D eigenvalue weighted by Crippen LogP contribution is 2.43. The summed E-state index contributed by atoms with van der Waals surface area (Å²) in [4.78, 5) is 0. The molecule has 2 aliphatic carbocycles. The van der Waals surface area contributed by atoms with Crippen molar-refractivity contribution in [2.75, 3.05) is 13.2 Å². The van der Waals surface area contributed by atoms with Crippen LogP contribution in [0, 0.1) is 0 Å². The van der Waals surface area contributed by atoms with Crippen LogP contribution in [0.5, 0.6) is 0 Å². The summed E-state index contributed by atoms with van der Waals surface area (Å²) in [5.41, 5.74) is 0.229. The summed E-state index contributed by atoms with van der Waals surface area (Å²) in [6.07, 6.45) is 12.3. The number of rotatable bonds is 3. The van der Waals surface area contributed by atoms with Crippen molar-refractivity contribution in [2.45, 2.75) is 81.4 Å². The number of hydrogen-bond donors (Lipinski definition) is 2. The first-order valence-electron chi connectivity index (χ1n) is 7.79. The van der Waals surface area contributed by atoms with Gasteiger partial charge in [0, 0.05) is 18.2 Å². The Kier molecular flexibility index (Phi) is 3.65. The van der Waals surface area contributed by atoms with Crippen molar-refractivity contribution < 1.29 is 9.84 Å². The largest absolute Gasteiger partial charge is 0.394 e. The normalized spacial score (nSPS) is 34.2. The van der Waals surface area contributed by atoms with E-state index >= 15 is 0 Å². The van der Waals surface area contributed by atoms with E-state index in [1.807, 2.05) is 0 Å². The minimum absolute atomic E-state index is 0.0190. The van der Waals surface area contributed by atoms with Crippen molar-refractivity contribution in [2.24, 2.45) is 0 Å². The summed E-state index contributed by atoms with van der Waals surface area (Å²) in [5, 5.41) is 13.6. The summed E-state index contributed by atoms with van der Waals surface area (Å²) in [6, 6.07) is 0.560. The molecule has 1 unspecified atom stereocenters. The van der Waals surface area contributed by atoms with Crippen LogP contribution < -0.4 is 5.32 Å². The molecule has 0 radical (unpaired) electrons. The molecule has 1 heterocycles. The van der Waals surface area contributed by atoms with E-state index in [1.54, 1.807) is 0 Å². The van der Waals surface area contributed by atoms with E-state index in [-0.39, 0.29) is 11.1 Å². The SMILES string of the molecule is OCC1(NC2CCOC3(CCC3)C2)CCCCC1. The zero-order valence-corrected chi connectivity index (χ0v) is 11.4. The third-order valence-corrected chi connectivity index (χ3v) is 5.38. The Morgan fingerprint density at radius 2 is 1.83 bits per heavy atom. The molecule has 1 saturated heterocycles. The predicted molar refractivity (Wildman–Crippen MR) is 71.6 cm³/mol. The molecule has 0 amide bonds. The van der Waals surface area contributed by atoms with Gasteiger partial charge in [-0.05, 0) is 44.9 Å². The Morgan fingerprint density at radius 1 is 1.06 bits per heavy atom. The van der Waals surface area contributed by atoms with Gasteiger partial charge < -0.3 is 15.2 Å². The Labute approximate surface area is 110 Å². The second kappa shape index (κ2) is 5.10. The van der Waals surface area contributed by atoms with Crippen LogP contribution in [0.1, 0.15) is 64.2 Å². The highest BCUT2D eigenvalue weighted by molar-refractivity contribution is 5.00. The highest BCUT2D eigenvalue weighted by Gasteiger charge is 2.44. The summed E-state index contributed by atoms with van der Waals surface area (Å²) in [7, 11) is 0. The molecule has 0 bridgehead atoms. The zero-order valence-electron chi connectivity index (χ0n) is 11.4. The number of ether oxygens (including phenoxy) is 1. The minimum atomic E-state index is 0.0190. The first-order chi connectivity index (χ1) is 8.76. The van der Waals surface area contributed by atoms with E-state index in [4.69, 9.17) is 4.74 Å². The average molecular weight is 253 g/mol. The lowest BCUT2D eigenvalue weighted by atomic mass is 9.73. The van der Waals surface area contributed by atoms with Crippen LogP contribution in [0.25, 0.3) is 0 Å². The van der Waals surface area contributed by atoms with Gasteiger partial charge in [-0.15, -0.1) is 0 Å². The van der Waals surface area contributed by atoms with Gasteiger partial charge in [0.2, 0.25) is 0 Å². The van der Waals surface area contributed by atoms with Gasteiger partial charge in [0.05, 0.1) is 12.2 Å². The third-order valence-electron chi connectivity index (χ3n) is 5.38.